The molecule has 1 heterocycles. The van der Waals surface area contributed by atoms with Crippen molar-refractivity contribution in [1.82, 2.24) is 9.55 Å². The molecule has 0 aliphatic carbocycles. The average Bonchev–Trinajstić information content (AvgIpc) is 2.29. The van der Waals surface area contributed by atoms with Gasteiger partial charge in [-0.2, -0.15) is 0 Å². The minimum absolute atomic E-state index is 0.355. The van der Waals surface area contributed by atoms with Crippen LogP contribution in [0.3, 0.4) is 0 Å². The zero-order valence-corrected chi connectivity index (χ0v) is 10.5. The lowest BCUT2D eigenvalue weighted by Crippen LogP contribution is -2.28. The molecule has 0 aliphatic heterocycles. The maximum absolute atomic E-state index is 12.1. The summed E-state index contributed by atoms with van der Waals surface area (Å²) in [6.45, 7) is 1.44. The number of halogens is 1. The number of hydrogen-bond acceptors (Lipinski definition) is 3. The van der Waals surface area contributed by atoms with Gasteiger partial charge < -0.3 is 5.11 Å². The second-order valence-electron chi connectivity index (χ2n) is 3.63. The lowest BCUT2D eigenvalue weighted by molar-refractivity contribution is -0.140. The molecule has 2 aromatic rings. The van der Waals surface area contributed by atoms with Gasteiger partial charge in [0.05, 0.1) is 17.2 Å². The number of hydrogen-bond donors (Lipinski definition) is 1. The molecule has 1 aromatic heterocycles. The minimum atomic E-state index is -1.07. The van der Waals surface area contributed by atoms with Crippen LogP contribution >= 0.6 is 15.9 Å². The first-order valence-corrected chi connectivity index (χ1v) is 5.69. The van der Waals surface area contributed by atoms with Crippen molar-refractivity contribution in [3.8, 4) is 0 Å². The highest BCUT2D eigenvalue weighted by Crippen LogP contribution is 2.15. The van der Waals surface area contributed by atoms with Crippen molar-refractivity contribution >= 4 is 32.8 Å². The van der Waals surface area contributed by atoms with E-state index in [1.807, 2.05) is 0 Å². The van der Waals surface area contributed by atoms with Crippen molar-refractivity contribution in [2.75, 3.05) is 0 Å². The van der Waals surface area contributed by atoms with Crippen LogP contribution in [0.2, 0.25) is 0 Å². The lowest BCUT2D eigenvalue weighted by Gasteiger charge is -2.10. The van der Waals surface area contributed by atoms with Crippen LogP contribution in [-0.2, 0) is 4.79 Å². The normalized spacial score (nSPS) is 12.6. The molecule has 1 atom stereocenters. The second-order valence-corrected chi connectivity index (χ2v) is 4.55. The first-order valence-electron chi connectivity index (χ1n) is 4.90. The van der Waals surface area contributed by atoms with Gasteiger partial charge in [0.25, 0.3) is 5.56 Å². The molecule has 0 aliphatic rings. The van der Waals surface area contributed by atoms with Crippen LogP contribution in [0, 0.1) is 0 Å². The van der Waals surface area contributed by atoms with Gasteiger partial charge in [-0.3, -0.25) is 9.36 Å². The lowest BCUT2D eigenvalue weighted by atomic mass is 10.2. The Morgan fingerprint density at radius 2 is 2.24 bits per heavy atom. The molecule has 0 fully saturated rings. The van der Waals surface area contributed by atoms with Gasteiger partial charge in [0.2, 0.25) is 0 Å². The molecule has 1 aromatic carbocycles. The number of fused-ring (bicyclic) bond motifs is 1. The number of carboxylic acids is 1. The Hall–Kier alpha value is -1.69. The Bertz CT molecular complexity index is 651. The van der Waals surface area contributed by atoms with E-state index in [0.717, 1.165) is 9.04 Å². The fourth-order valence-electron chi connectivity index (χ4n) is 1.50. The number of rotatable bonds is 2. The molecule has 0 amide bonds. The van der Waals surface area contributed by atoms with E-state index in [0.29, 0.717) is 10.9 Å². The van der Waals surface area contributed by atoms with Crippen LogP contribution in [0.5, 0.6) is 0 Å². The van der Waals surface area contributed by atoms with Gasteiger partial charge in [-0.25, -0.2) is 9.78 Å². The number of aliphatic carboxylic acids is 1. The predicted octanol–water partition coefficient (Wildman–Crippen LogP) is 1.80. The molecule has 0 saturated carbocycles. The zero-order valence-electron chi connectivity index (χ0n) is 8.92. The summed E-state index contributed by atoms with van der Waals surface area (Å²) in [5.41, 5.74) is 0.193. The van der Waals surface area contributed by atoms with E-state index < -0.39 is 12.0 Å². The SMILES string of the molecule is CC(C(=O)O)n1cnc2ccc(Br)cc2c1=O. The van der Waals surface area contributed by atoms with Gasteiger partial charge >= 0.3 is 5.97 Å². The van der Waals surface area contributed by atoms with Crippen molar-refractivity contribution in [3.05, 3.63) is 39.4 Å². The van der Waals surface area contributed by atoms with Crippen molar-refractivity contribution in [2.45, 2.75) is 13.0 Å². The highest BCUT2D eigenvalue weighted by atomic mass is 79.9. The van der Waals surface area contributed by atoms with Gasteiger partial charge in [-0.05, 0) is 25.1 Å². The monoisotopic (exact) mass is 296 g/mol. The number of carboxylic acid groups (broad SMARTS) is 1. The molecule has 0 spiro atoms. The standard InChI is InChI=1S/C11H9BrN2O3/c1-6(11(16)17)14-5-13-9-3-2-7(12)4-8(9)10(14)15/h2-6H,1H3,(H,16,17). The van der Waals surface area contributed by atoms with E-state index in [2.05, 4.69) is 20.9 Å². The molecule has 0 bridgehead atoms. The summed E-state index contributed by atoms with van der Waals surface area (Å²) in [5, 5.41) is 9.29. The summed E-state index contributed by atoms with van der Waals surface area (Å²) < 4.78 is 1.86. The highest BCUT2D eigenvalue weighted by Gasteiger charge is 2.16. The maximum Gasteiger partial charge on any atom is 0.326 e. The van der Waals surface area contributed by atoms with Crippen LogP contribution in [0.1, 0.15) is 13.0 Å². The van der Waals surface area contributed by atoms with Crippen LogP contribution in [0.15, 0.2) is 33.8 Å². The summed E-state index contributed by atoms with van der Waals surface area (Å²) in [6.07, 6.45) is 1.26. The van der Waals surface area contributed by atoms with Gasteiger partial charge in [-0.15, -0.1) is 0 Å². The Kier molecular flexibility index (Phi) is 2.97. The third-order valence-corrected chi connectivity index (χ3v) is 3.01. The summed E-state index contributed by atoms with van der Waals surface area (Å²) >= 11 is 3.26. The van der Waals surface area contributed by atoms with Gasteiger partial charge in [0.15, 0.2) is 0 Å². The molecule has 1 N–H and O–H groups in total. The second kappa shape index (κ2) is 4.29. The molecule has 88 valence electrons. The number of benzene rings is 1. The van der Waals surface area contributed by atoms with Crippen molar-refractivity contribution in [1.29, 1.82) is 0 Å². The van der Waals surface area contributed by atoms with Gasteiger partial charge in [-0.1, -0.05) is 15.9 Å². The van der Waals surface area contributed by atoms with Crippen LogP contribution in [-0.4, -0.2) is 20.6 Å². The summed E-state index contributed by atoms with van der Waals surface area (Å²) in [6, 6.07) is 4.19. The Morgan fingerprint density at radius 1 is 1.53 bits per heavy atom. The molecule has 17 heavy (non-hydrogen) atoms. The Balaban J connectivity index is 2.73. The first kappa shape index (κ1) is 11.8. The number of carbonyl (C=O) groups is 1. The average molecular weight is 297 g/mol. The minimum Gasteiger partial charge on any atom is -0.480 e. The molecule has 0 saturated heterocycles. The fraction of sp³-hybridized carbons (Fsp3) is 0.182. The van der Waals surface area contributed by atoms with Crippen molar-refractivity contribution in [3.63, 3.8) is 0 Å². The number of nitrogens with zero attached hydrogens (tertiary/aromatic N) is 2. The van der Waals surface area contributed by atoms with Crippen LogP contribution in [0.4, 0.5) is 0 Å². The van der Waals surface area contributed by atoms with Gasteiger partial charge in [0, 0.05) is 4.47 Å². The van der Waals surface area contributed by atoms with Crippen LogP contribution in [0.25, 0.3) is 10.9 Å². The summed E-state index contributed by atoms with van der Waals surface area (Å²) in [4.78, 5) is 27.0. The third kappa shape index (κ3) is 2.08. The molecule has 6 heteroatoms. The van der Waals surface area contributed by atoms with E-state index in [-0.39, 0.29) is 5.56 Å². The van der Waals surface area contributed by atoms with E-state index in [4.69, 9.17) is 5.11 Å². The molecule has 2 rings (SSSR count). The van der Waals surface area contributed by atoms with Crippen molar-refractivity contribution in [2.24, 2.45) is 0 Å². The largest absolute Gasteiger partial charge is 0.480 e. The molecule has 0 radical (unpaired) electrons. The maximum atomic E-state index is 12.1. The quantitative estimate of drug-likeness (QED) is 0.917. The highest BCUT2D eigenvalue weighted by molar-refractivity contribution is 9.10. The topological polar surface area (TPSA) is 72.2 Å². The van der Waals surface area contributed by atoms with E-state index in [1.165, 1.54) is 13.3 Å². The van der Waals surface area contributed by atoms with Gasteiger partial charge in [0.1, 0.15) is 6.04 Å². The van der Waals surface area contributed by atoms with E-state index >= 15 is 0 Å². The Morgan fingerprint density at radius 3 is 2.88 bits per heavy atom. The Labute approximate surface area is 105 Å². The van der Waals surface area contributed by atoms with E-state index in [1.54, 1.807) is 18.2 Å². The predicted molar refractivity (Wildman–Crippen MR) is 66.0 cm³/mol. The molecule has 5 nitrogen and oxygen atoms in total. The van der Waals surface area contributed by atoms with Crippen molar-refractivity contribution < 1.29 is 9.90 Å². The van der Waals surface area contributed by atoms with Crippen LogP contribution < -0.4 is 5.56 Å². The summed E-state index contributed by atoms with van der Waals surface area (Å²) in [7, 11) is 0. The first-order chi connectivity index (χ1) is 8.00. The van der Waals surface area contributed by atoms with E-state index in [9.17, 15) is 9.59 Å². The molecule has 1 unspecified atom stereocenters. The third-order valence-electron chi connectivity index (χ3n) is 2.52. The molecular weight excluding hydrogens is 288 g/mol. The number of aromatic nitrogens is 2. The fourth-order valence-corrected chi connectivity index (χ4v) is 1.86. The summed E-state index contributed by atoms with van der Waals surface area (Å²) in [5.74, 6) is -1.07. The molecular formula is C11H9BrN2O3. The smallest absolute Gasteiger partial charge is 0.326 e. The zero-order chi connectivity index (χ0) is 12.6.